The first kappa shape index (κ1) is 11.9. The number of anilines is 1. The molecular formula is C13H18N2O2. The lowest BCUT2D eigenvalue weighted by Gasteiger charge is -2.24. The quantitative estimate of drug-likeness (QED) is 0.693. The van der Waals surface area contributed by atoms with Crippen LogP contribution in [0.15, 0.2) is 12.1 Å². The second-order valence-corrected chi connectivity index (χ2v) is 5.30. The molecule has 0 saturated carbocycles. The minimum atomic E-state index is -0.460. The van der Waals surface area contributed by atoms with Crippen LogP contribution in [0.25, 0.3) is 0 Å². The van der Waals surface area contributed by atoms with Gasteiger partial charge in [-0.05, 0) is 39.8 Å². The van der Waals surface area contributed by atoms with Crippen LogP contribution in [0.5, 0.6) is 0 Å². The lowest BCUT2D eigenvalue weighted by molar-refractivity contribution is 0.0584. The fourth-order valence-electron chi connectivity index (χ4n) is 1.88. The van der Waals surface area contributed by atoms with Crippen LogP contribution in [0.4, 0.5) is 10.5 Å². The Labute approximate surface area is 102 Å². The van der Waals surface area contributed by atoms with E-state index in [0.717, 1.165) is 23.5 Å². The van der Waals surface area contributed by atoms with Gasteiger partial charge < -0.3 is 4.74 Å². The summed E-state index contributed by atoms with van der Waals surface area (Å²) in [5.41, 5.74) is 2.38. The highest BCUT2D eigenvalue weighted by Gasteiger charge is 2.29. The van der Waals surface area contributed by atoms with E-state index in [0.29, 0.717) is 6.54 Å². The molecule has 1 aromatic heterocycles. The van der Waals surface area contributed by atoms with Gasteiger partial charge in [-0.25, -0.2) is 4.79 Å². The molecule has 17 heavy (non-hydrogen) atoms. The number of amides is 1. The van der Waals surface area contributed by atoms with Crippen molar-refractivity contribution in [3.63, 3.8) is 0 Å². The summed E-state index contributed by atoms with van der Waals surface area (Å²) in [6.07, 6.45) is 0.512. The van der Waals surface area contributed by atoms with E-state index in [4.69, 9.17) is 4.74 Å². The van der Waals surface area contributed by atoms with Crippen LogP contribution in [0.2, 0.25) is 0 Å². The summed E-state index contributed by atoms with van der Waals surface area (Å²) in [6.45, 7) is 8.22. The summed E-state index contributed by atoms with van der Waals surface area (Å²) in [5, 5.41) is 0. The summed E-state index contributed by atoms with van der Waals surface area (Å²) in [4.78, 5) is 18.1. The molecule has 2 heterocycles. The number of nitrogens with zero attached hydrogens (tertiary/aromatic N) is 2. The van der Waals surface area contributed by atoms with Gasteiger partial charge in [0.15, 0.2) is 0 Å². The first-order chi connectivity index (χ1) is 7.87. The van der Waals surface area contributed by atoms with Crippen molar-refractivity contribution in [2.45, 2.75) is 39.7 Å². The monoisotopic (exact) mass is 234 g/mol. The average molecular weight is 234 g/mol. The number of pyridine rings is 1. The van der Waals surface area contributed by atoms with Gasteiger partial charge in [-0.3, -0.25) is 9.88 Å². The number of carbonyl (C=O) groups is 1. The maximum atomic E-state index is 12.0. The molecule has 0 spiro atoms. The predicted molar refractivity (Wildman–Crippen MR) is 66.3 cm³/mol. The molecule has 4 nitrogen and oxygen atoms in total. The molecule has 1 aromatic rings. The summed E-state index contributed by atoms with van der Waals surface area (Å²) in [7, 11) is 0. The Morgan fingerprint density at radius 2 is 2.12 bits per heavy atom. The molecule has 0 fully saturated rings. The standard InChI is InChI=1S/C13H18N2O2/c1-9-5-6-11-10(14-9)7-8-15(11)12(16)17-13(2,3)4/h5-6H,7-8H2,1-4H3. The Kier molecular flexibility index (Phi) is 2.81. The van der Waals surface area contributed by atoms with E-state index >= 15 is 0 Å². The topological polar surface area (TPSA) is 42.4 Å². The second kappa shape index (κ2) is 4.02. The second-order valence-electron chi connectivity index (χ2n) is 5.30. The van der Waals surface area contributed by atoms with Crippen LogP contribution < -0.4 is 4.90 Å². The van der Waals surface area contributed by atoms with Crippen LogP contribution in [0, 0.1) is 6.92 Å². The molecule has 0 aromatic carbocycles. The number of hydrogen-bond acceptors (Lipinski definition) is 3. The summed E-state index contributed by atoms with van der Waals surface area (Å²) in [6, 6.07) is 3.86. The zero-order valence-electron chi connectivity index (χ0n) is 10.8. The van der Waals surface area contributed by atoms with Crippen molar-refractivity contribution >= 4 is 11.8 Å². The van der Waals surface area contributed by atoms with Crippen LogP contribution >= 0.6 is 0 Å². The number of fused-ring (bicyclic) bond motifs is 1. The van der Waals surface area contributed by atoms with Crippen LogP contribution in [0.3, 0.4) is 0 Å². The molecule has 0 N–H and O–H groups in total. The third kappa shape index (κ3) is 2.57. The smallest absolute Gasteiger partial charge is 0.414 e. The van der Waals surface area contributed by atoms with Crippen molar-refractivity contribution in [2.75, 3.05) is 11.4 Å². The predicted octanol–water partition coefficient (Wildman–Crippen LogP) is 2.69. The Morgan fingerprint density at radius 3 is 2.76 bits per heavy atom. The van der Waals surface area contributed by atoms with Crippen molar-refractivity contribution in [3.05, 3.63) is 23.5 Å². The molecule has 0 aliphatic carbocycles. The molecule has 1 amide bonds. The lowest BCUT2D eigenvalue weighted by atomic mass is 10.2. The molecule has 2 rings (SSSR count). The highest BCUT2D eigenvalue weighted by Crippen LogP contribution is 2.27. The Morgan fingerprint density at radius 1 is 1.41 bits per heavy atom. The number of ether oxygens (including phenoxy) is 1. The minimum absolute atomic E-state index is 0.290. The molecular weight excluding hydrogens is 216 g/mol. The zero-order chi connectivity index (χ0) is 12.6. The molecule has 0 unspecified atom stereocenters. The molecule has 4 heteroatoms. The third-order valence-corrected chi connectivity index (χ3v) is 2.57. The molecule has 0 saturated heterocycles. The fourth-order valence-corrected chi connectivity index (χ4v) is 1.88. The van der Waals surface area contributed by atoms with Gasteiger partial charge in [-0.2, -0.15) is 0 Å². The SMILES string of the molecule is Cc1ccc2c(n1)CCN2C(=O)OC(C)(C)C. The average Bonchev–Trinajstić information content (AvgIpc) is 2.57. The Balaban J connectivity index is 2.20. The highest BCUT2D eigenvalue weighted by atomic mass is 16.6. The minimum Gasteiger partial charge on any atom is -0.443 e. The van der Waals surface area contributed by atoms with Crippen molar-refractivity contribution in [1.29, 1.82) is 0 Å². The van der Waals surface area contributed by atoms with Gasteiger partial charge in [0.05, 0.1) is 11.4 Å². The molecule has 0 bridgehead atoms. The number of aryl methyl sites for hydroxylation is 1. The first-order valence-electron chi connectivity index (χ1n) is 5.84. The van der Waals surface area contributed by atoms with Gasteiger partial charge in [0.1, 0.15) is 5.60 Å². The van der Waals surface area contributed by atoms with Crippen molar-refractivity contribution in [1.82, 2.24) is 4.98 Å². The maximum absolute atomic E-state index is 12.0. The lowest BCUT2D eigenvalue weighted by Crippen LogP contribution is -2.35. The molecule has 1 aliphatic rings. The highest BCUT2D eigenvalue weighted by molar-refractivity contribution is 5.90. The van der Waals surface area contributed by atoms with Gasteiger partial charge in [0.2, 0.25) is 0 Å². The van der Waals surface area contributed by atoms with E-state index in [2.05, 4.69) is 4.98 Å². The summed E-state index contributed by atoms with van der Waals surface area (Å²) >= 11 is 0. The summed E-state index contributed by atoms with van der Waals surface area (Å²) < 4.78 is 5.37. The largest absolute Gasteiger partial charge is 0.443 e. The Hall–Kier alpha value is -1.58. The Bertz CT molecular complexity index is 449. The van der Waals surface area contributed by atoms with Crippen LogP contribution in [-0.2, 0) is 11.2 Å². The normalized spacial score (nSPS) is 14.7. The van der Waals surface area contributed by atoms with Crippen LogP contribution in [-0.4, -0.2) is 23.2 Å². The maximum Gasteiger partial charge on any atom is 0.414 e. The molecule has 92 valence electrons. The summed E-state index contributed by atoms with van der Waals surface area (Å²) in [5.74, 6) is 0. The molecule has 0 radical (unpaired) electrons. The number of aromatic nitrogens is 1. The van der Waals surface area contributed by atoms with E-state index in [1.165, 1.54) is 0 Å². The van der Waals surface area contributed by atoms with Gasteiger partial charge in [0, 0.05) is 18.7 Å². The third-order valence-electron chi connectivity index (χ3n) is 2.57. The van der Waals surface area contributed by atoms with Crippen LogP contribution in [0.1, 0.15) is 32.2 Å². The zero-order valence-corrected chi connectivity index (χ0v) is 10.8. The molecule has 0 atom stereocenters. The van der Waals surface area contributed by atoms with E-state index < -0.39 is 5.60 Å². The van der Waals surface area contributed by atoms with E-state index in [1.54, 1.807) is 4.90 Å². The van der Waals surface area contributed by atoms with E-state index in [1.807, 2.05) is 39.8 Å². The first-order valence-corrected chi connectivity index (χ1v) is 5.84. The van der Waals surface area contributed by atoms with E-state index in [9.17, 15) is 4.79 Å². The van der Waals surface area contributed by atoms with Crippen molar-refractivity contribution in [3.8, 4) is 0 Å². The van der Waals surface area contributed by atoms with Gasteiger partial charge in [-0.1, -0.05) is 0 Å². The van der Waals surface area contributed by atoms with E-state index in [-0.39, 0.29) is 6.09 Å². The fraction of sp³-hybridized carbons (Fsp3) is 0.538. The van der Waals surface area contributed by atoms with Gasteiger partial charge >= 0.3 is 6.09 Å². The number of rotatable bonds is 0. The van der Waals surface area contributed by atoms with Gasteiger partial charge in [-0.15, -0.1) is 0 Å². The van der Waals surface area contributed by atoms with Crippen molar-refractivity contribution < 1.29 is 9.53 Å². The molecule has 1 aliphatic heterocycles. The number of hydrogen-bond donors (Lipinski definition) is 0. The van der Waals surface area contributed by atoms with Gasteiger partial charge in [0.25, 0.3) is 0 Å². The number of carbonyl (C=O) groups excluding carboxylic acids is 1. The van der Waals surface area contributed by atoms with Crippen molar-refractivity contribution in [2.24, 2.45) is 0 Å².